The van der Waals surface area contributed by atoms with Gasteiger partial charge in [-0.15, -0.1) is 0 Å². The van der Waals surface area contributed by atoms with Gasteiger partial charge in [-0.25, -0.2) is 4.98 Å². The summed E-state index contributed by atoms with van der Waals surface area (Å²) in [4.78, 5) is 6.49. The standard InChI is InChI=1S/C12H20BrN3/c1-12(2,9-16(3)4)8-15-11-10(13)6-5-7-14-11/h5-7H,8-9H2,1-4H3,(H,14,15). The highest BCUT2D eigenvalue weighted by atomic mass is 79.9. The Morgan fingerprint density at radius 1 is 1.44 bits per heavy atom. The molecular formula is C12H20BrN3. The lowest BCUT2D eigenvalue weighted by Crippen LogP contribution is -2.34. The third-order valence-corrected chi connectivity index (χ3v) is 2.88. The van der Waals surface area contributed by atoms with Crippen LogP contribution in [0, 0.1) is 5.41 Å². The zero-order valence-electron chi connectivity index (χ0n) is 10.4. The zero-order chi connectivity index (χ0) is 12.2. The van der Waals surface area contributed by atoms with Crippen LogP contribution in [0.2, 0.25) is 0 Å². The fourth-order valence-corrected chi connectivity index (χ4v) is 2.15. The van der Waals surface area contributed by atoms with Gasteiger partial charge in [0.2, 0.25) is 0 Å². The normalized spacial score (nSPS) is 11.9. The van der Waals surface area contributed by atoms with Crippen LogP contribution in [0.5, 0.6) is 0 Å². The lowest BCUT2D eigenvalue weighted by molar-refractivity contribution is 0.254. The summed E-state index contributed by atoms with van der Waals surface area (Å²) in [7, 11) is 4.19. The predicted molar refractivity (Wildman–Crippen MR) is 72.8 cm³/mol. The molecule has 90 valence electrons. The van der Waals surface area contributed by atoms with Crippen LogP contribution in [0.25, 0.3) is 0 Å². The first-order chi connectivity index (χ1) is 7.41. The van der Waals surface area contributed by atoms with Gasteiger partial charge in [0, 0.05) is 19.3 Å². The second kappa shape index (κ2) is 5.64. The molecule has 1 heterocycles. The highest BCUT2D eigenvalue weighted by molar-refractivity contribution is 9.10. The molecule has 1 N–H and O–H groups in total. The summed E-state index contributed by atoms with van der Waals surface area (Å²) in [5.41, 5.74) is 0.223. The van der Waals surface area contributed by atoms with E-state index in [1.165, 1.54) is 0 Å². The summed E-state index contributed by atoms with van der Waals surface area (Å²) in [6.45, 7) is 6.44. The fraction of sp³-hybridized carbons (Fsp3) is 0.583. The number of nitrogens with zero attached hydrogens (tertiary/aromatic N) is 2. The summed E-state index contributed by atoms with van der Waals surface area (Å²) in [6.07, 6.45) is 1.80. The summed E-state index contributed by atoms with van der Waals surface area (Å²) < 4.78 is 1.01. The lowest BCUT2D eigenvalue weighted by atomic mass is 9.93. The Kier molecular flexibility index (Phi) is 4.74. The van der Waals surface area contributed by atoms with Crippen molar-refractivity contribution >= 4 is 21.7 Å². The van der Waals surface area contributed by atoms with Crippen molar-refractivity contribution in [2.45, 2.75) is 13.8 Å². The van der Waals surface area contributed by atoms with E-state index in [1.54, 1.807) is 6.20 Å². The Morgan fingerprint density at radius 2 is 2.12 bits per heavy atom. The Bertz CT molecular complexity index is 337. The largest absolute Gasteiger partial charge is 0.369 e. The Hall–Kier alpha value is -0.610. The van der Waals surface area contributed by atoms with Crippen LogP contribution in [0.15, 0.2) is 22.8 Å². The Morgan fingerprint density at radius 3 is 2.69 bits per heavy atom. The Labute approximate surface area is 106 Å². The van der Waals surface area contributed by atoms with Crippen LogP contribution >= 0.6 is 15.9 Å². The molecule has 3 nitrogen and oxygen atoms in total. The van der Waals surface area contributed by atoms with Gasteiger partial charge < -0.3 is 10.2 Å². The van der Waals surface area contributed by atoms with Crippen molar-refractivity contribution in [2.24, 2.45) is 5.41 Å². The van der Waals surface area contributed by atoms with Gasteiger partial charge in [0.1, 0.15) is 5.82 Å². The molecule has 0 unspecified atom stereocenters. The molecule has 0 fully saturated rings. The molecule has 0 aliphatic carbocycles. The molecule has 0 spiro atoms. The second-order valence-corrected chi connectivity index (χ2v) is 5.94. The molecule has 0 saturated carbocycles. The molecule has 0 aromatic carbocycles. The van der Waals surface area contributed by atoms with Crippen molar-refractivity contribution in [1.82, 2.24) is 9.88 Å². The number of nitrogens with one attached hydrogen (secondary N) is 1. The molecule has 0 aliphatic heterocycles. The molecule has 4 heteroatoms. The van der Waals surface area contributed by atoms with E-state index in [2.05, 4.69) is 59.1 Å². The molecular weight excluding hydrogens is 266 g/mol. The maximum absolute atomic E-state index is 4.29. The van der Waals surface area contributed by atoms with Gasteiger partial charge in [-0.3, -0.25) is 0 Å². The van der Waals surface area contributed by atoms with Gasteiger partial charge in [0.25, 0.3) is 0 Å². The van der Waals surface area contributed by atoms with Gasteiger partial charge in [-0.05, 0) is 47.6 Å². The number of pyridine rings is 1. The maximum Gasteiger partial charge on any atom is 0.140 e. The number of aromatic nitrogens is 1. The number of rotatable bonds is 5. The van der Waals surface area contributed by atoms with E-state index >= 15 is 0 Å². The van der Waals surface area contributed by atoms with E-state index in [0.717, 1.165) is 23.4 Å². The van der Waals surface area contributed by atoms with Crippen molar-refractivity contribution in [3.05, 3.63) is 22.8 Å². The molecule has 0 aliphatic rings. The van der Waals surface area contributed by atoms with Crippen LogP contribution in [0.1, 0.15) is 13.8 Å². The molecule has 0 saturated heterocycles. The van der Waals surface area contributed by atoms with Crippen molar-refractivity contribution in [2.75, 3.05) is 32.5 Å². The maximum atomic E-state index is 4.29. The zero-order valence-corrected chi connectivity index (χ0v) is 12.0. The number of hydrogen-bond donors (Lipinski definition) is 1. The van der Waals surface area contributed by atoms with Crippen LogP contribution < -0.4 is 5.32 Å². The van der Waals surface area contributed by atoms with Crippen LogP contribution in [0.3, 0.4) is 0 Å². The molecule has 1 aromatic rings. The first-order valence-electron chi connectivity index (χ1n) is 5.40. The minimum absolute atomic E-state index is 0.223. The molecule has 1 aromatic heterocycles. The molecule has 0 bridgehead atoms. The molecule has 1 rings (SSSR count). The summed E-state index contributed by atoms with van der Waals surface area (Å²) >= 11 is 3.48. The summed E-state index contributed by atoms with van der Waals surface area (Å²) in [6, 6.07) is 3.91. The fourth-order valence-electron chi connectivity index (χ4n) is 1.75. The molecule has 0 atom stereocenters. The average Bonchev–Trinajstić information content (AvgIpc) is 2.14. The number of anilines is 1. The SMILES string of the molecule is CN(C)CC(C)(C)CNc1ncccc1Br. The smallest absolute Gasteiger partial charge is 0.140 e. The first kappa shape index (κ1) is 13.5. The second-order valence-electron chi connectivity index (χ2n) is 5.09. The van der Waals surface area contributed by atoms with E-state index in [4.69, 9.17) is 0 Å². The van der Waals surface area contributed by atoms with Gasteiger partial charge in [-0.1, -0.05) is 13.8 Å². The van der Waals surface area contributed by atoms with E-state index in [9.17, 15) is 0 Å². The summed E-state index contributed by atoms with van der Waals surface area (Å²) in [5.74, 6) is 0.911. The number of halogens is 1. The average molecular weight is 286 g/mol. The van der Waals surface area contributed by atoms with Gasteiger partial charge in [0.15, 0.2) is 0 Å². The molecule has 0 amide bonds. The van der Waals surface area contributed by atoms with Gasteiger partial charge >= 0.3 is 0 Å². The highest BCUT2D eigenvalue weighted by Crippen LogP contribution is 2.21. The minimum Gasteiger partial charge on any atom is -0.369 e. The van der Waals surface area contributed by atoms with Crippen LogP contribution in [-0.4, -0.2) is 37.1 Å². The molecule has 16 heavy (non-hydrogen) atoms. The molecule has 0 radical (unpaired) electrons. The monoisotopic (exact) mass is 285 g/mol. The van der Waals surface area contributed by atoms with Crippen molar-refractivity contribution < 1.29 is 0 Å². The van der Waals surface area contributed by atoms with Crippen LogP contribution in [0.4, 0.5) is 5.82 Å². The van der Waals surface area contributed by atoms with Crippen molar-refractivity contribution in [3.8, 4) is 0 Å². The van der Waals surface area contributed by atoms with E-state index in [-0.39, 0.29) is 5.41 Å². The number of hydrogen-bond acceptors (Lipinski definition) is 3. The highest BCUT2D eigenvalue weighted by Gasteiger charge is 2.19. The van der Waals surface area contributed by atoms with Gasteiger partial charge in [-0.2, -0.15) is 0 Å². The van der Waals surface area contributed by atoms with Gasteiger partial charge in [0.05, 0.1) is 4.47 Å². The third-order valence-electron chi connectivity index (χ3n) is 2.24. The predicted octanol–water partition coefficient (Wildman–Crippen LogP) is 2.84. The minimum atomic E-state index is 0.223. The Balaban J connectivity index is 2.54. The topological polar surface area (TPSA) is 28.2 Å². The van der Waals surface area contributed by atoms with Crippen molar-refractivity contribution in [1.29, 1.82) is 0 Å². The van der Waals surface area contributed by atoms with E-state index in [0.29, 0.717) is 0 Å². The first-order valence-corrected chi connectivity index (χ1v) is 6.19. The van der Waals surface area contributed by atoms with Crippen LogP contribution in [-0.2, 0) is 0 Å². The van der Waals surface area contributed by atoms with E-state index in [1.807, 2.05) is 12.1 Å². The summed E-state index contributed by atoms with van der Waals surface area (Å²) in [5, 5.41) is 3.37. The van der Waals surface area contributed by atoms with Crippen molar-refractivity contribution in [3.63, 3.8) is 0 Å². The lowest BCUT2D eigenvalue weighted by Gasteiger charge is -2.28. The quantitative estimate of drug-likeness (QED) is 0.902. The van der Waals surface area contributed by atoms with E-state index < -0.39 is 0 Å². The third kappa shape index (κ3) is 4.49.